The molecule has 2 aliphatic heterocycles. The summed E-state index contributed by atoms with van der Waals surface area (Å²) in [6, 6.07) is 8.24. The topological polar surface area (TPSA) is 71.6 Å². The Bertz CT molecular complexity index is 586. The van der Waals surface area contributed by atoms with E-state index in [0.29, 0.717) is 24.1 Å². The number of ether oxygens (including phenoxy) is 2. The van der Waals surface area contributed by atoms with Gasteiger partial charge >= 0.3 is 0 Å². The Labute approximate surface area is 148 Å². The first-order valence-corrected chi connectivity index (χ1v) is 9.41. The fourth-order valence-electron chi connectivity index (χ4n) is 4.07. The number of carbonyl (C=O) groups is 1. The van der Waals surface area contributed by atoms with Crippen molar-refractivity contribution in [1.29, 1.82) is 0 Å². The zero-order chi connectivity index (χ0) is 17.1. The van der Waals surface area contributed by atoms with Gasteiger partial charge in [-0.05, 0) is 62.3 Å². The van der Waals surface area contributed by atoms with E-state index in [1.807, 2.05) is 24.3 Å². The highest BCUT2D eigenvalue weighted by Gasteiger charge is 2.34. The van der Waals surface area contributed by atoms with E-state index in [2.05, 4.69) is 16.2 Å². The third-order valence-electron chi connectivity index (χ3n) is 5.55. The summed E-state index contributed by atoms with van der Waals surface area (Å²) < 4.78 is 11.3. The lowest BCUT2D eigenvalue weighted by Crippen LogP contribution is -2.44. The molecule has 0 radical (unpaired) electrons. The minimum absolute atomic E-state index is 0.00745. The van der Waals surface area contributed by atoms with E-state index in [1.165, 1.54) is 0 Å². The maximum absolute atomic E-state index is 12.5. The van der Waals surface area contributed by atoms with Crippen LogP contribution < -0.4 is 20.9 Å². The molecule has 6 nitrogen and oxygen atoms in total. The number of rotatable bonds is 5. The number of carbonyl (C=O) groups excluding carboxylic acids is 1. The third kappa shape index (κ3) is 4.14. The highest BCUT2D eigenvalue weighted by atomic mass is 16.5. The molecule has 1 aliphatic carbocycles. The number of hydrogen-bond acceptors (Lipinski definition) is 5. The van der Waals surface area contributed by atoms with Crippen molar-refractivity contribution in [1.82, 2.24) is 16.2 Å². The van der Waals surface area contributed by atoms with E-state index < -0.39 is 0 Å². The van der Waals surface area contributed by atoms with E-state index in [-0.39, 0.29) is 18.1 Å². The maximum Gasteiger partial charge on any atom is 0.251 e. The van der Waals surface area contributed by atoms with Crippen molar-refractivity contribution in [2.75, 3.05) is 19.8 Å². The van der Waals surface area contributed by atoms with Gasteiger partial charge in [0.1, 0.15) is 12.4 Å². The van der Waals surface area contributed by atoms with Crippen molar-refractivity contribution < 1.29 is 14.3 Å². The van der Waals surface area contributed by atoms with Crippen molar-refractivity contribution >= 4 is 5.91 Å². The summed E-state index contributed by atoms with van der Waals surface area (Å²) in [5.41, 5.74) is 7.23. The average Bonchev–Trinajstić information content (AvgIpc) is 3.31. The molecule has 2 saturated heterocycles. The van der Waals surface area contributed by atoms with Crippen molar-refractivity contribution in [2.45, 2.75) is 50.3 Å². The van der Waals surface area contributed by atoms with Crippen LogP contribution in [0.4, 0.5) is 0 Å². The number of hydrogen-bond donors (Lipinski definition) is 3. The molecule has 4 unspecified atom stereocenters. The van der Waals surface area contributed by atoms with Crippen LogP contribution in [0, 0.1) is 5.92 Å². The van der Waals surface area contributed by atoms with Crippen LogP contribution in [0.5, 0.6) is 5.75 Å². The predicted octanol–water partition coefficient (Wildman–Crippen LogP) is 1.62. The molecule has 0 aromatic heterocycles. The molecule has 3 aliphatic rings. The lowest BCUT2D eigenvalue weighted by Gasteiger charge is -2.31. The second-order valence-electron chi connectivity index (χ2n) is 7.35. The lowest BCUT2D eigenvalue weighted by atomic mass is 9.83. The summed E-state index contributed by atoms with van der Waals surface area (Å²) in [6.45, 7) is 2.41. The molecule has 6 heteroatoms. The van der Waals surface area contributed by atoms with E-state index in [9.17, 15) is 4.79 Å². The van der Waals surface area contributed by atoms with Crippen molar-refractivity contribution in [3.05, 3.63) is 29.8 Å². The molecule has 3 fully saturated rings. The SMILES string of the molecule is O=C(NC1CCC2NNCC2C1)c1ccc(OCC2CCCO2)cc1. The Morgan fingerprint density at radius 1 is 1.24 bits per heavy atom. The fraction of sp³-hybridized carbons (Fsp3) is 0.632. The fourth-order valence-corrected chi connectivity index (χ4v) is 4.07. The van der Waals surface area contributed by atoms with Gasteiger partial charge in [-0.25, -0.2) is 0 Å². The minimum Gasteiger partial charge on any atom is -0.491 e. The Hall–Kier alpha value is -1.63. The van der Waals surface area contributed by atoms with Crippen LogP contribution in [0.2, 0.25) is 0 Å². The number of benzene rings is 1. The van der Waals surface area contributed by atoms with Gasteiger partial charge in [0.2, 0.25) is 0 Å². The largest absolute Gasteiger partial charge is 0.491 e. The molecule has 4 atom stereocenters. The molecule has 1 aromatic rings. The van der Waals surface area contributed by atoms with Gasteiger partial charge in [-0.15, -0.1) is 0 Å². The van der Waals surface area contributed by atoms with Crippen molar-refractivity contribution in [2.24, 2.45) is 5.92 Å². The maximum atomic E-state index is 12.5. The molecule has 1 aromatic carbocycles. The van der Waals surface area contributed by atoms with Gasteiger partial charge in [0.05, 0.1) is 6.10 Å². The molecule has 1 amide bonds. The van der Waals surface area contributed by atoms with Gasteiger partial charge in [-0.1, -0.05) is 0 Å². The minimum atomic E-state index is 0.00745. The molecule has 136 valence electrons. The van der Waals surface area contributed by atoms with Crippen molar-refractivity contribution in [3.63, 3.8) is 0 Å². The van der Waals surface area contributed by atoms with Crippen LogP contribution in [-0.4, -0.2) is 43.9 Å². The summed E-state index contributed by atoms with van der Waals surface area (Å²) in [5, 5.41) is 3.19. The van der Waals surface area contributed by atoms with Gasteiger partial charge in [-0.2, -0.15) is 0 Å². The van der Waals surface area contributed by atoms with Crippen LogP contribution in [-0.2, 0) is 4.74 Å². The van der Waals surface area contributed by atoms with E-state index in [1.54, 1.807) is 0 Å². The summed E-state index contributed by atoms with van der Waals surface area (Å²) >= 11 is 0. The molecular formula is C19H27N3O3. The molecule has 25 heavy (non-hydrogen) atoms. The normalized spacial score (nSPS) is 31.5. The first-order valence-electron chi connectivity index (χ1n) is 9.41. The Morgan fingerprint density at radius 2 is 2.12 bits per heavy atom. The van der Waals surface area contributed by atoms with Crippen LogP contribution in [0.15, 0.2) is 24.3 Å². The first-order chi connectivity index (χ1) is 12.3. The second-order valence-corrected chi connectivity index (χ2v) is 7.35. The van der Waals surface area contributed by atoms with Gasteiger partial charge < -0.3 is 14.8 Å². The molecule has 0 spiro atoms. The first kappa shape index (κ1) is 16.8. The predicted molar refractivity (Wildman–Crippen MR) is 94.4 cm³/mol. The van der Waals surface area contributed by atoms with E-state index in [4.69, 9.17) is 9.47 Å². The van der Waals surface area contributed by atoms with Gasteiger partial charge in [-0.3, -0.25) is 15.6 Å². The Morgan fingerprint density at radius 3 is 2.92 bits per heavy atom. The summed E-state index contributed by atoms with van der Waals surface area (Å²) in [4.78, 5) is 12.5. The molecular weight excluding hydrogens is 318 g/mol. The second kappa shape index (κ2) is 7.72. The Kier molecular flexibility index (Phi) is 5.20. The monoisotopic (exact) mass is 345 g/mol. The number of nitrogens with one attached hydrogen (secondary N) is 3. The number of hydrazine groups is 1. The van der Waals surface area contributed by atoms with Crippen LogP contribution >= 0.6 is 0 Å². The molecule has 1 saturated carbocycles. The average molecular weight is 345 g/mol. The smallest absolute Gasteiger partial charge is 0.251 e. The lowest BCUT2D eigenvalue weighted by molar-refractivity contribution is 0.0679. The van der Waals surface area contributed by atoms with E-state index in [0.717, 1.165) is 51.0 Å². The zero-order valence-electron chi connectivity index (χ0n) is 14.5. The third-order valence-corrected chi connectivity index (χ3v) is 5.55. The summed E-state index contributed by atoms with van der Waals surface area (Å²) in [6.07, 6.45) is 5.57. The summed E-state index contributed by atoms with van der Waals surface area (Å²) in [7, 11) is 0. The number of amides is 1. The van der Waals surface area contributed by atoms with Crippen LogP contribution in [0.25, 0.3) is 0 Å². The van der Waals surface area contributed by atoms with Crippen LogP contribution in [0.1, 0.15) is 42.5 Å². The molecule has 0 bridgehead atoms. The number of fused-ring (bicyclic) bond motifs is 1. The van der Waals surface area contributed by atoms with E-state index >= 15 is 0 Å². The van der Waals surface area contributed by atoms with Crippen LogP contribution in [0.3, 0.4) is 0 Å². The van der Waals surface area contributed by atoms with Gasteiger partial charge in [0.25, 0.3) is 5.91 Å². The quantitative estimate of drug-likeness (QED) is 0.756. The standard InChI is InChI=1S/C19H27N3O3/c23-19(21-15-5-8-18-14(10-15)11-20-22-18)13-3-6-16(7-4-13)25-12-17-2-1-9-24-17/h3-4,6-7,14-15,17-18,20,22H,1-2,5,8-12H2,(H,21,23). The molecule has 3 N–H and O–H groups in total. The highest BCUT2D eigenvalue weighted by molar-refractivity contribution is 5.94. The zero-order valence-corrected chi connectivity index (χ0v) is 14.5. The highest BCUT2D eigenvalue weighted by Crippen LogP contribution is 2.27. The summed E-state index contributed by atoms with van der Waals surface area (Å²) in [5.74, 6) is 1.41. The van der Waals surface area contributed by atoms with Crippen molar-refractivity contribution in [3.8, 4) is 5.75 Å². The van der Waals surface area contributed by atoms with Gasteiger partial charge in [0.15, 0.2) is 0 Å². The van der Waals surface area contributed by atoms with Gasteiger partial charge in [0, 0.05) is 30.8 Å². The Balaban J connectivity index is 1.26. The molecule has 4 rings (SSSR count). The molecule has 2 heterocycles.